The largest absolute Gasteiger partial charge is 0.493 e. The number of hydrazone groups is 1. The fourth-order valence-corrected chi connectivity index (χ4v) is 1.93. The SMILES string of the molecule is COc1ccccc1OCC(=O)N/N=C\C=C\c1ccc([N+](=O)[O-])cc1. The maximum atomic E-state index is 11.7. The Morgan fingerprint density at radius 2 is 1.88 bits per heavy atom. The first kappa shape index (κ1) is 18.7. The first-order chi connectivity index (χ1) is 12.6. The number of allylic oxidation sites excluding steroid dienone is 1. The first-order valence-corrected chi connectivity index (χ1v) is 7.59. The smallest absolute Gasteiger partial charge is 0.277 e. The minimum Gasteiger partial charge on any atom is -0.493 e. The topological polar surface area (TPSA) is 103 Å². The van der Waals surface area contributed by atoms with E-state index in [1.807, 2.05) is 0 Å². The van der Waals surface area contributed by atoms with E-state index in [1.165, 1.54) is 25.5 Å². The second-order valence-corrected chi connectivity index (χ2v) is 4.96. The molecular formula is C18H17N3O5. The average molecular weight is 355 g/mol. The molecule has 8 nitrogen and oxygen atoms in total. The number of non-ortho nitro benzene ring substituents is 1. The van der Waals surface area contributed by atoms with E-state index in [0.717, 1.165) is 5.56 Å². The Balaban J connectivity index is 1.77. The van der Waals surface area contributed by atoms with E-state index in [-0.39, 0.29) is 12.3 Å². The van der Waals surface area contributed by atoms with Crippen LogP contribution in [0.2, 0.25) is 0 Å². The van der Waals surface area contributed by atoms with Crippen LogP contribution < -0.4 is 14.9 Å². The number of para-hydroxylation sites is 2. The van der Waals surface area contributed by atoms with E-state index in [4.69, 9.17) is 9.47 Å². The fourth-order valence-electron chi connectivity index (χ4n) is 1.93. The van der Waals surface area contributed by atoms with Crippen LogP contribution in [0.5, 0.6) is 11.5 Å². The Bertz CT molecular complexity index is 816. The molecule has 0 heterocycles. The number of hydrogen-bond donors (Lipinski definition) is 1. The van der Waals surface area contributed by atoms with Gasteiger partial charge >= 0.3 is 0 Å². The number of methoxy groups -OCH3 is 1. The summed E-state index contributed by atoms with van der Waals surface area (Å²) >= 11 is 0. The number of rotatable bonds is 8. The highest BCUT2D eigenvalue weighted by Gasteiger charge is 2.05. The fraction of sp³-hybridized carbons (Fsp3) is 0.111. The van der Waals surface area contributed by atoms with Crippen LogP contribution in [0.15, 0.2) is 59.7 Å². The van der Waals surface area contributed by atoms with Gasteiger partial charge in [0.05, 0.1) is 12.0 Å². The van der Waals surface area contributed by atoms with Crippen LogP contribution in [0, 0.1) is 10.1 Å². The van der Waals surface area contributed by atoms with Gasteiger partial charge < -0.3 is 9.47 Å². The highest BCUT2D eigenvalue weighted by molar-refractivity contribution is 5.82. The zero-order chi connectivity index (χ0) is 18.8. The van der Waals surface area contributed by atoms with Crippen LogP contribution in [-0.4, -0.2) is 30.8 Å². The number of carbonyl (C=O) groups excluding carboxylic acids is 1. The maximum Gasteiger partial charge on any atom is 0.277 e. The van der Waals surface area contributed by atoms with Gasteiger partial charge in [0.25, 0.3) is 11.6 Å². The van der Waals surface area contributed by atoms with Crippen LogP contribution in [0.25, 0.3) is 6.08 Å². The maximum absolute atomic E-state index is 11.7. The summed E-state index contributed by atoms with van der Waals surface area (Å²) in [5, 5.41) is 14.3. The molecule has 0 aliphatic heterocycles. The van der Waals surface area contributed by atoms with E-state index in [1.54, 1.807) is 48.6 Å². The number of carbonyl (C=O) groups is 1. The highest BCUT2D eigenvalue weighted by atomic mass is 16.6. The van der Waals surface area contributed by atoms with Gasteiger partial charge in [0.15, 0.2) is 18.1 Å². The van der Waals surface area contributed by atoms with Gasteiger partial charge in [-0.15, -0.1) is 0 Å². The molecule has 0 aromatic heterocycles. The molecule has 0 aliphatic carbocycles. The van der Waals surface area contributed by atoms with E-state index in [9.17, 15) is 14.9 Å². The molecule has 0 radical (unpaired) electrons. The second-order valence-electron chi connectivity index (χ2n) is 4.96. The summed E-state index contributed by atoms with van der Waals surface area (Å²) in [5.41, 5.74) is 3.12. The third kappa shape index (κ3) is 5.75. The summed E-state index contributed by atoms with van der Waals surface area (Å²) < 4.78 is 10.5. The number of nitrogens with zero attached hydrogens (tertiary/aromatic N) is 2. The molecule has 0 aliphatic rings. The van der Waals surface area contributed by atoms with Gasteiger partial charge in [-0.3, -0.25) is 14.9 Å². The predicted molar refractivity (Wildman–Crippen MR) is 97.3 cm³/mol. The number of nitro groups is 1. The van der Waals surface area contributed by atoms with Gasteiger partial charge in [-0.05, 0) is 35.9 Å². The number of ether oxygens (including phenoxy) is 2. The van der Waals surface area contributed by atoms with Crippen molar-refractivity contribution < 1.29 is 19.2 Å². The Labute approximate surface area is 149 Å². The van der Waals surface area contributed by atoms with E-state index in [0.29, 0.717) is 11.5 Å². The molecule has 0 spiro atoms. The summed E-state index contributed by atoms with van der Waals surface area (Å²) in [4.78, 5) is 21.8. The first-order valence-electron chi connectivity index (χ1n) is 7.59. The summed E-state index contributed by atoms with van der Waals surface area (Å²) in [6.45, 7) is -0.205. The zero-order valence-corrected chi connectivity index (χ0v) is 14.0. The number of nitrogens with one attached hydrogen (secondary N) is 1. The van der Waals surface area contributed by atoms with Gasteiger partial charge in [-0.25, -0.2) is 5.43 Å². The summed E-state index contributed by atoms with van der Waals surface area (Å²) in [6, 6.07) is 13.0. The Morgan fingerprint density at radius 3 is 2.54 bits per heavy atom. The molecule has 1 amide bonds. The van der Waals surface area contributed by atoms with Crippen molar-refractivity contribution in [1.82, 2.24) is 5.43 Å². The van der Waals surface area contributed by atoms with E-state index in [2.05, 4.69) is 10.5 Å². The monoisotopic (exact) mass is 355 g/mol. The molecule has 0 atom stereocenters. The lowest BCUT2D eigenvalue weighted by atomic mass is 10.2. The number of benzene rings is 2. The Hall–Kier alpha value is -3.68. The van der Waals surface area contributed by atoms with Gasteiger partial charge in [0, 0.05) is 18.3 Å². The molecule has 2 aromatic rings. The Kier molecular flexibility index (Phi) is 6.87. The quantitative estimate of drug-likeness (QED) is 0.445. The van der Waals surface area contributed by atoms with Gasteiger partial charge in [0.1, 0.15) is 0 Å². The summed E-state index contributed by atoms with van der Waals surface area (Å²) in [6.07, 6.45) is 4.69. The number of nitro benzene ring substituents is 1. The number of hydrogen-bond acceptors (Lipinski definition) is 6. The zero-order valence-electron chi connectivity index (χ0n) is 14.0. The highest BCUT2D eigenvalue weighted by Crippen LogP contribution is 2.25. The van der Waals surface area contributed by atoms with Crippen LogP contribution in [0.4, 0.5) is 5.69 Å². The minimum atomic E-state index is -0.461. The number of amides is 1. The molecule has 2 aromatic carbocycles. The minimum absolute atomic E-state index is 0.0260. The average Bonchev–Trinajstić information content (AvgIpc) is 2.66. The van der Waals surface area contributed by atoms with Crippen molar-refractivity contribution in [2.75, 3.05) is 13.7 Å². The van der Waals surface area contributed by atoms with E-state index >= 15 is 0 Å². The third-order valence-electron chi connectivity index (χ3n) is 3.17. The van der Waals surface area contributed by atoms with Crippen molar-refractivity contribution in [3.8, 4) is 11.5 Å². The van der Waals surface area contributed by atoms with Crippen molar-refractivity contribution in [2.45, 2.75) is 0 Å². The summed E-state index contributed by atoms with van der Waals surface area (Å²) in [7, 11) is 1.52. The summed E-state index contributed by atoms with van der Waals surface area (Å²) in [5.74, 6) is 0.581. The van der Waals surface area contributed by atoms with Gasteiger partial charge in [-0.2, -0.15) is 5.10 Å². The van der Waals surface area contributed by atoms with Crippen LogP contribution in [0.1, 0.15) is 5.56 Å². The lowest BCUT2D eigenvalue weighted by Crippen LogP contribution is -2.24. The Morgan fingerprint density at radius 1 is 1.19 bits per heavy atom. The molecule has 8 heteroatoms. The van der Waals surface area contributed by atoms with Crippen molar-refractivity contribution in [1.29, 1.82) is 0 Å². The predicted octanol–water partition coefficient (Wildman–Crippen LogP) is 2.80. The van der Waals surface area contributed by atoms with Crippen molar-refractivity contribution in [2.24, 2.45) is 5.10 Å². The molecule has 1 N–H and O–H groups in total. The van der Waals surface area contributed by atoms with Crippen molar-refractivity contribution in [3.63, 3.8) is 0 Å². The van der Waals surface area contributed by atoms with Crippen LogP contribution >= 0.6 is 0 Å². The molecule has 0 unspecified atom stereocenters. The molecular weight excluding hydrogens is 338 g/mol. The molecule has 134 valence electrons. The third-order valence-corrected chi connectivity index (χ3v) is 3.17. The molecule has 0 saturated heterocycles. The van der Waals surface area contributed by atoms with Crippen LogP contribution in [0.3, 0.4) is 0 Å². The van der Waals surface area contributed by atoms with Crippen molar-refractivity contribution in [3.05, 3.63) is 70.3 Å². The molecule has 0 saturated carbocycles. The normalized spacial score (nSPS) is 10.8. The van der Waals surface area contributed by atoms with Gasteiger partial charge in [-0.1, -0.05) is 18.2 Å². The standard InChI is InChI=1S/C18H17N3O5/c1-25-16-6-2-3-7-17(16)26-13-18(22)20-19-12-4-5-14-8-10-15(11-9-14)21(23)24/h2-12H,13H2,1H3,(H,20,22)/b5-4+,19-12-. The molecule has 26 heavy (non-hydrogen) atoms. The molecule has 0 bridgehead atoms. The molecule has 0 fully saturated rings. The second kappa shape index (κ2) is 9.58. The van der Waals surface area contributed by atoms with E-state index < -0.39 is 10.8 Å². The van der Waals surface area contributed by atoms with Crippen LogP contribution in [-0.2, 0) is 4.79 Å². The lowest BCUT2D eigenvalue weighted by molar-refractivity contribution is -0.384. The molecule has 2 rings (SSSR count). The van der Waals surface area contributed by atoms with Crippen molar-refractivity contribution >= 4 is 23.9 Å². The van der Waals surface area contributed by atoms with Gasteiger partial charge in [0.2, 0.25) is 0 Å². The lowest BCUT2D eigenvalue weighted by Gasteiger charge is -2.08.